The van der Waals surface area contributed by atoms with Crippen LogP contribution < -0.4 is 10.9 Å². The van der Waals surface area contributed by atoms with E-state index in [1.165, 1.54) is 10.5 Å². The van der Waals surface area contributed by atoms with Gasteiger partial charge in [0.15, 0.2) is 0 Å². The number of nitrogens with one attached hydrogen (secondary N) is 2. The molecular formula is C23H18N4O2. The molecule has 0 radical (unpaired) electrons. The van der Waals surface area contributed by atoms with Crippen molar-refractivity contribution in [1.29, 1.82) is 5.26 Å². The molecular weight excluding hydrogens is 364 g/mol. The Balaban J connectivity index is 1.66. The van der Waals surface area contributed by atoms with Crippen LogP contribution in [0.4, 0.5) is 5.69 Å². The van der Waals surface area contributed by atoms with Gasteiger partial charge in [-0.1, -0.05) is 42.5 Å². The first-order valence-electron chi connectivity index (χ1n) is 9.24. The first kappa shape index (κ1) is 18.3. The minimum absolute atomic E-state index is 0.0371. The van der Waals surface area contributed by atoms with E-state index >= 15 is 0 Å². The van der Waals surface area contributed by atoms with Crippen LogP contribution in [0.3, 0.4) is 0 Å². The number of carbonyl (C=O) groups excluding carboxylic acids is 1. The lowest BCUT2D eigenvalue weighted by molar-refractivity contribution is -0.128. The highest BCUT2D eigenvalue weighted by molar-refractivity contribution is 5.95. The molecule has 1 aliphatic heterocycles. The largest absolute Gasteiger partial charge is 0.377 e. The summed E-state index contributed by atoms with van der Waals surface area (Å²) in [5, 5.41) is 13.5. The molecule has 4 rings (SSSR count). The van der Waals surface area contributed by atoms with Crippen LogP contribution in [0.1, 0.15) is 16.7 Å². The minimum Gasteiger partial charge on any atom is -0.377 e. The molecule has 142 valence electrons. The van der Waals surface area contributed by atoms with Gasteiger partial charge in [-0.2, -0.15) is 5.26 Å². The second-order valence-corrected chi connectivity index (χ2v) is 7.05. The molecule has 2 N–H and O–H groups in total. The highest BCUT2D eigenvalue weighted by Gasteiger charge is 2.30. The number of hydrogen-bond donors (Lipinski definition) is 2. The lowest BCUT2D eigenvalue weighted by atomic mass is 10.0. The van der Waals surface area contributed by atoms with Crippen molar-refractivity contribution >= 4 is 22.5 Å². The molecule has 0 spiro atoms. The van der Waals surface area contributed by atoms with Crippen LogP contribution in [0.2, 0.25) is 0 Å². The van der Waals surface area contributed by atoms with Crippen LogP contribution in [0.25, 0.3) is 10.9 Å². The van der Waals surface area contributed by atoms with E-state index in [2.05, 4.69) is 28.4 Å². The highest BCUT2D eigenvalue weighted by Crippen LogP contribution is 2.27. The van der Waals surface area contributed by atoms with E-state index in [-0.39, 0.29) is 17.5 Å². The summed E-state index contributed by atoms with van der Waals surface area (Å²) in [5.74, 6) is 1.73. The lowest BCUT2D eigenvalue weighted by Gasteiger charge is -2.39. The van der Waals surface area contributed by atoms with Crippen LogP contribution >= 0.6 is 0 Å². The quantitative estimate of drug-likeness (QED) is 0.678. The summed E-state index contributed by atoms with van der Waals surface area (Å²) < 4.78 is 0. The van der Waals surface area contributed by atoms with Crippen molar-refractivity contribution in [2.24, 2.45) is 0 Å². The molecule has 6 heteroatoms. The zero-order chi connectivity index (χ0) is 20.4. The van der Waals surface area contributed by atoms with Gasteiger partial charge in [0, 0.05) is 18.5 Å². The fraction of sp³-hybridized carbons (Fsp3) is 0.174. The molecule has 29 heavy (non-hydrogen) atoms. The van der Waals surface area contributed by atoms with Crippen LogP contribution in [0.15, 0.2) is 53.3 Å². The third kappa shape index (κ3) is 3.56. The summed E-state index contributed by atoms with van der Waals surface area (Å²) in [6, 6.07) is 17.8. The molecule has 1 saturated heterocycles. The number of H-pyrrole nitrogens is 1. The molecule has 1 amide bonds. The van der Waals surface area contributed by atoms with Crippen molar-refractivity contribution in [3.8, 4) is 18.4 Å². The molecule has 0 unspecified atom stereocenters. The molecule has 0 bridgehead atoms. The fourth-order valence-corrected chi connectivity index (χ4v) is 3.58. The molecule has 2 aromatic carbocycles. The van der Waals surface area contributed by atoms with Crippen LogP contribution in [-0.2, 0) is 11.2 Å². The Kier molecular flexibility index (Phi) is 4.76. The molecule has 0 aliphatic carbocycles. The molecule has 0 saturated carbocycles. The summed E-state index contributed by atoms with van der Waals surface area (Å²) in [7, 11) is 0. The van der Waals surface area contributed by atoms with Gasteiger partial charge in [-0.3, -0.25) is 9.59 Å². The van der Waals surface area contributed by atoms with Crippen LogP contribution in [0.5, 0.6) is 0 Å². The number of rotatable bonds is 4. The Hall–Kier alpha value is -4.03. The first-order chi connectivity index (χ1) is 14.1. The van der Waals surface area contributed by atoms with Gasteiger partial charge in [-0.15, -0.1) is 6.42 Å². The maximum Gasteiger partial charge on any atom is 0.298 e. The van der Waals surface area contributed by atoms with Gasteiger partial charge >= 0.3 is 0 Å². The van der Waals surface area contributed by atoms with E-state index in [0.717, 1.165) is 17.4 Å². The first-order valence-corrected chi connectivity index (χ1v) is 9.24. The van der Waals surface area contributed by atoms with E-state index in [9.17, 15) is 14.9 Å². The molecule has 1 aromatic heterocycles. The number of pyridine rings is 1. The van der Waals surface area contributed by atoms with E-state index < -0.39 is 5.56 Å². The number of aromatic nitrogens is 1. The molecule has 6 nitrogen and oxygen atoms in total. The standard InChI is InChI=1S/C23H18N4O2/c1-2-21(28)27-13-17(14-27)25-22-18-9-8-16(10-15-6-4-3-5-7-15)11-20(18)26-23(29)19(22)12-24/h1,3-9,11,17H,10,13-14H2,(H2,25,26,29). The summed E-state index contributed by atoms with van der Waals surface area (Å²) in [6.07, 6.45) is 5.88. The minimum atomic E-state index is -0.435. The van der Waals surface area contributed by atoms with Gasteiger partial charge in [-0.05, 0) is 29.5 Å². The number of terminal acetylenes is 1. The molecule has 0 atom stereocenters. The Morgan fingerprint density at radius 2 is 1.97 bits per heavy atom. The molecule has 1 aliphatic rings. The van der Waals surface area contributed by atoms with Gasteiger partial charge in [0.05, 0.1) is 17.2 Å². The number of likely N-dealkylation sites (tertiary alicyclic amines) is 1. The Morgan fingerprint density at radius 1 is 1.21 bits per heavy atom. The maximum absolute atomic E-state index is 12.5. The number of anilines is 1. The summed E-state index contributed by atoms with van der Waals surface area (Å²) in [5.41, 5.74) is 3.00. The number of amides is 1. The predicted octanol–water partition coefficient (Wildman–Crippen LogP) is 2.25. The lowest BCUT2D eigenvalue weighted by Crippen LogP contribution is -2.56. The van der Waals surface area contributed by atoms with Crippen LogP contribution in [-0.4, -0.2) is 34.9 Å². The summed E-state index contributed by atoms with van der Waals surface area (Å²) in [6.45, 7) is 0.878. The number of carbonyl (C=O) groups is 1. The zero-order valence-corrected chi connectivity index (χ0v) is 15.6. The third-order valence-electron chi connectivity index (χ3n) is 5.08. The average Bonchev–Trinajstić information content (AvgIpc) is 2.70. The highest BCUT2D eigenvalue weighted by atomic mass is 16.2. The Bertz CT molecular complexity index is 1230. The summed E-state index contributed by atoms with van der Waals surface area (Å²) >= 11 is 0. The van der Waals surface area contributed by atoms with Gasteiger partial charge in [-0.25, -0.2) is 0 Å². The number of hydrogen-bond acceptors (Lipinski definition) is 4. The fourth-order valence-electron chi connectivity index (χ4n) is 3.58. The van der Waals surface area contributed by atoms with Crippen molar-refractivity contribution in [2.45, 2.75) is 12.5 Å². The van der Waals surface area contributed by atoms with Crippen molar-refractivity contribution < 1.29 is 4.79 Å². The molecule has 1 fully saturated rings. The smallest absolute Gasteiger partial charge is 0.298 e. The Labute approximate surface area is 167 Å². The number of nitrogens with zero attached hydrogens (tertiary/aromatic N) is 2. The number of aromatic amines is 1. The zero-order valence-electron chi connectivity index (χ0n) is 15.6. The molecule has 2 heterocycles. The van der Waals surface area contributed by atoms with Crippen molar-refractivity contribution in [2.75, 3.05) is 18.4 Å². The monoisotopic (exact) mass is 382 g/mol. The second kappa shape index (κ2) is 7.53. The topological polar surface area (TPSA) is 89.0 Å². The number of fused-ring (bicyclic) bond motifs is 1. The van der Waals surface area contributed by atoms with Gasteiger partial charge in [0.2, 0.25) is 0 Å². The van der Waals surface area contributed by atoms with Gasteiger partial charge < -0.3 is 15.2 Å². The third-order valence-corrected chi connectivity index (χ3v) is 5.08. The predicted molar refractivity (Wildman–Crippen MR) is 111 cm³/mol. The van der Waals surface area contributed by atoms with Crippen molar-refractivity contribution in [1.82, 2.24) is 9.88 Å². The van der Waals surface area contributed by atoms with E-state index in [4.69, 9.17) is 6.42 Å². The average molecular weight is 382 g/mol. The SMILES string of the molecule is C#CC(=O)N1CC(Nc2c(C#N)c(=O)[nH]c3cc(Cc4ccccc4)ccc23)C1. The number of benzene rings is 2. The van der Waals surface area contributed by atoms with Crippen molar-refractivity contribution in [3.05, 3.63) is 75.6 Å². The molecule has 3 aromatic rings. The van der Waals surface area contributed by atoms with E-state index in [1.54, 1.807) is 0 Å². The van der Waals surface area contributed by atoms with E-state index in [0.29, 0.717) is 24.3 Å². The van der Waals surface area contributed by atoms with Gasteiger partial charge in [0.1, 0.15) is 11.6 Å². The van der Waals surface area contributed by atoms with Gasteiger partial charge in [0.25, 0.3) is 11.5 Å². The summed E-state index contributed by atoms with van der Waals surface area (Å²) in [4.78, 5) is 28.3. The number of nitriles is 1. The second-order valence-electron chi connectivity index (χ2n) is 7.05. The van der Waals surface area contributed by atoms with Crippen LogP contribution in [0, 0.1) is 23.7 Å². The Morgan fingerprint density at radius 3 is 2.66 bits per heavy atom. The normalized spacial score (nSPS) is 13.4. The van der Waals surface area contributed by atoms with Crippen molar-refractivity contribution in [3.63, 3.8) is 0 Å². The maximum atomic E-state index is 12.5. The van der Waals surface area contributed by atoms with E-state index in [1.807, 2.05) is 42.5 Å².